The monoisotopic (exact) mass is 541 g/mol. The number of carboxylic acid groups (broad SMARTS) is 2. The van der Waals surface area contributed by atoms with Gasteiger partial charge in [0.15, 0.2) is 0 Å². The predicted molar refractivity (Wildman–Crippen MR) is 118 cm³/mol. The van der Waals surface area contributed by atoms with Crippen molar-refractivity contribution in [1.29, 1.82) is 0 Å². The fourth-order valence-corrected chi connectivity index (χ4v) is 4.94. The summed E-state index contributed by atoms with van der Waals surface area (Å²) >= 11 is 1.95. The minimum Gasteiger partial charge on any atom is -0.475 e. The van der Waals surface area contributed by atoms with Crippen LogP contribution in [0.1, 0.15) is 28.3 Å². The van der Waals surface area contributed by atoms with Gasteiger partial charge in [0.2, 0.25) is 0 Å². The molecule has 7 nitrogen and oxygen atoms in total. The number of nitrogens with zero attached hydrogens (tertiary/aromatic N) is 3. The standard InChI is InChI=1S/C18H23N3S.2C2HF3O2/c1-14-5-6-16(22-14)13-21-11-8-17-18(21)7-10-20(17)12-15-4-2-3-9-19-15;2*3-2(4,5)1(6)7/h2-6,9,17-18H,7-8,10-13H2,1H3;2*(H,6,7)/t17-,18+;;/m0../s1. The second-order valence-electron chi connectivity index (χ2n) is 8.09. The summed E-state index contributed by atoms with van der Waals surface area (Å²) in [5.74, 6) is -5.51. The zero-order valence-electron chi connectivity index (χ0n) is 19.1. The summed E-state index contributed by atoms with van der Waals surface area (Å²) in [4.78, 5) is 30.6. The van der Waals surface area contributed by atoms with E-state index in [1.165, 1.54) is 41.4 Å². The maximum absolute atomic E-state index is 10.6. The van der Waals surface area contributed by atoms with Crippen LogP contribution in [-0.2, 0) is 22.7 Å². The molecule has 2 aliphatic rings. The molecule has 0 aromatic carbocycles. The number of likely N-dealkylation sites (tertiary alicyclic amines) is 2. The lowest BCUT2D eigenvalue weighted by molar-refractivity contribution is -0.193. The molecule has 0 radical (unpaired) electrons. The van der Waals surface area contributed by atoms with E-state index in [1.54, 1.807) is 0 Å². The van der Waals surface area contributed by atoms with Crippen molar-refractivity contribution < 1.29 is 46.1 Å². The molecule has 0 bridgehead atoms. The maximum Gasteiger partial charge on any atom is 0.490 e. The number of halogens is 6. The van der Waals surface area contributed by atoms with Crippen LogP contribution in [0.25, 0.3) is 0 Å². The minimum absolute atomic E-state index is 0.725. The summed E-state index contributed by atoms with van der Waals surface area (Å²) in [6, 6.07) is 12.2. The van der Waals surface area contributed by atoms with Crippen LogP contribution in [0.2, 0.25) is 0 Å². The summed E-state index contributed by atoms with van der Waals surface area (Å²) in [6.45, 7) is 6.80. The number of aromatic nitrogens is 1. The van der Waals surface area contributed by atoms with Crippen molar-refractivity contribution in [1.82, 2.24) is 14.8 Å². The molecule has 0 amide bonds. The molecule has 2 aliphatic heterocycles. The fraction of sp³-hybridized carbons (Fsp3) is 0.500. The van der Waals surface area contributed by atoms with Crippen molar-refractivity contribution >= 4 is 23.3 Å². The molecule has 4 heterocycles. The van der Waals surface area contributed by atoms with Crippen LogP contribution in [0.5, 0.6) is 0 Å². The third-order valence-electron chi connectivity index (χ3n) is 5.54. The molecule has 4 rings (SSSR count). The minimum atomic E-state index is -5.08. The Morgan fingerprint density at radius 3 is 1.81 bits per heavy atom. The Hall–Kier alpha value is -2.71. The van der Waals surface area contributed by atoms with Gasteiger partial charge in [-0.15, -0.1) is 11.3 Å². The molecule has 2 aromatic heterocycles. The first kappa shape index (κ1) is 29.5. The first-order valence-corrected chi connectivity index (χ1v) is 11.5. The SMILES string of the molecule is Cc1ccc(CN2CC[C@H]3[C@H]2CCN3Cc2ccccn2)s1.O=C(O)C(F)(F)F.O=C(O)C(F)(F)F. The summed E-state index contributed by atoms with van der Waals surface area (Å²) in [5.41, 5.74) is 1.20. The van der Waals surface area contributed by atoms with Gasteiger partial charge in [-0.3, -0.25) is 14.8 Å². The number of pyridine rings is 1. The molecule has 2 fully saturated rings. The molecule has 200 valence electrons. The number of thiophene rings is 1. The molecule has 0 unspecified atom stereocenters. The van der Waals surface area contributed by atoms with Gasteiger partial charge in [-0.1, -0.05) is 6.07 Å². The van der Waals surface area contributed by atoms with Crippen molar-refractivity contribution in [3.63, 3.8) is 0 Å². The molecule has 36 heavy (non-hydrogen) atoms. The van der Waals surface area contributed by atoms with E-state index in [-0.39, 0.29) is 0 Å². The van der Waals surface area contributed by atoms with Gasteiger partial charge in [-0.2, -0.15) is 26.3 Å². The molecule has 2 saturated heterocycles. The zero-order valence-corrected chi connectivity index (χ0v) is 19.9. The maximum atomic E-state index is 10.6. The number of alkyl halides is 6. The molecule has 0 spiro atoms. The second-order valence-corrected chi connectivity index (χ2v) is 9.46. The Kier molecular flexibility index (Phi) is 10.3. The molecular weight excluding hydrogens is 516 g/mol. The number of fused-ring (bicyclic) bond motifs is 1. The Bertz CT molecular complexity index is 976. The number of hydrogen-bond donors (Lipinski definition) is 2. The lowest BCUT2D eigenvalue weighted by Crippen LogP contribution is -2.36. The van der Waals surface area contributed by atoms with Gasteiger partial charge in [0.05, 0.1) is 5.69 Å². The molecule has 0 aliphatic carbocycles. The number of carbonyl (C=O) groups is 2. The van der Waals surface area contributed by atoms with Gasteiger partial charge in [0, 0.05) is 54.2 Å². The highest BCUT2D eigenvalue weighted by atomic mass is 32.1. The summed E-state index contributed by atoms with van der Waals surface area (Å²) in [5, 5.41) is 14.2. The second kappa shape index (κ2) is 12.5. The van der Waals surface area contributed by atoms with Crippen LogP contribution in [0.4, 0.5) is 26.3 Å². The normalized spacial score (nSPS) is 20.1. The van der Waals surface area contributed by atoms with Crippen LogP contribution in [-0.4, -0.2) is 74.5 Å². The molecule has 14 heteroatoms. The van der Waals surface area contributed by atoms with Crippen LogP contribution >= 0.6 is 11.3 Å². The van der Waals surface area contributed by atoms with Crippen molar-refractivity contribution in [3.8, 4) is 0 Å². The van der Waals surface area contributed by atoms with Crippen molar-refractivity contribution in [2.45, 2.75) is 57.3 Å². The first-order valence-electron chi connectivity index (χ1n) is 10.7. The quantitative estimate of drug-likeness (QED) is 0.548. The van der Waals surface area contributed by atoms with E-state index in [0.29, 0.717) is 0 Å². The molecule has 2 N–H and O–H groups in total. The third kappa shape index (κ3) is 9.06. The van der Waals surface area contributed by atoms with Gasteiger partial charge in [-0.05, 0) is 44.0 Å². The Labute approximate surface area is 207 Å². The Balaban J connectivity index is 0.000000271. The van der Waals surface area contributed by atoms with Gasteiger partial charge in [-0.25, -0.2) is 9.59 Å². The number of aliphatic carboxylic acids is 2. The van der Waals surface area contributed by atoms with E-state index in [1.807, 2.05) is 23.6 Å². The lowest BCUT2D eigenvalue weighted by Gasteiger charge is -2.25. The predicted octanol–water partition coefficient (Wildman–Crippen LogP) is 4.57. The van der Waals surface area contributed by atoms with Gasteiger partial charge < -0.3 is 10.2 Å². The number of rotatable bonds is 4. The topological polar surface area (TPSA) is 94.0 Å². The van der Waals surface area contributed by atoms with Crippen LogP contribution in [0, 0.1) is 6.92 Å². The average Bonchev–Trinajstić information content (AvgIpc) is 3.47. The van der Waals surface area contributed by atoms with E-state index in [9.17, 15) is 26.3 Å². The highest BCUT2D eigenvalue weighted by molar-refractivity contribution is 7.11. The summed E-state index contributed by atoms with van der Waals surface area (Å²) < 4.78 is 63.5. The number of carboxylic acids is 2. The van der Waals surface area contributed by atoms with Crippen LogP contribution in [0.15, 0.2) is 36.5 Å². The first-order chi connectivity index (χ1) is 16.7. The molecule has 0 saturated carbocycles. The number of aryl methyl sites for hydroxylation is 1. The van der Waals surface area contributed by atoms with Crippen molar-refractivity contribution in [2.24, 2.45) is 0 Å². The summed E-state index contributed by atoms with van der Waals surface area (Å²) in [7, 11) is 0. The van der Waals surface area contributed by atoms with Crippen LogP contribution in [0.3, 0.4) is 0 Å². The van der Waals surface area contributed by atoms with E-state index in [0.717, 1.165) is 25.2 Å². The van der Waals surface area contributed by atoms with Gasteiger partial charge >= 0.3 is 24.3 Å². The largest absolute Gasteiger partial charge is 0.490 e. The van der Waals surface area contributed by atoms with E-state index >= 15 is 0 Å². The van der Waals surface area contributed by atoms with Gasteiger partial charge in [0.1, 0.15) is 0 Å². The van der Waals surface area contributed by atoms with E-state index in [4.69, 9.17) is 19.8 Å². The van der Waals surface area contributed by atoms with Crippen molar-refractivity contribution in [3.05, 3.63) is 52.0 Å². The highest BCUT2D eigenvalue weighted by Gasteiger charge is 2.42. The summed E-state index contributed by atoms with van der Waals surface area (Å²) in [6.07, 6.45) is -5.65. The smallest absolute Gasteiger partial charge is 0.475 e. The third-order valence-corrected chi connectivity index (χ3v) is 6.52. The Morgan fingerprint density at radius 1 is 0.917 bits per heavy atom. The van der Waals surface area contributed by atoms with E-state index in [2.05, 4.69) is 46.0 Å². The van der Waals surface area contributed by atoms with E-state index < -0.39 is 24.3 Å². The zero-order chi connectivity index (χ0) is 27.1. The number of hydrogen-bond acceptors (Lipinski definition) is 6. The van der Waals surface area contributed by atoms with Gasteiger partial charge in [0.25, 0.3) is 0 Å². The lowest BCUT2D eigenvalue weighted by atomic mass is 10.1. The fourth-order valence-electron chi connectivity index (χ4n) is 4.03. The molecule has 2 atom stereocenters. The molecule has 2 aromatic rings. The van der Waals surface area contributed by atoms with Crippen LogP contribution < -0.4 is 0 Å². The molecular formula is C22H25F6N3O4S. The highest BCUT2D eigenvalue weighted by Crippen LogP contribution is 2.34. The Morgan fingerprint density at radius 2 is 1.42 bits per heavy atom. The average molecular weight is 542 g/mol. The van der Waals surface area contributed by atoms with Crippen molar-refractivity contribution in [2.75, 3.05) is 13.1 Å².